The second kappa shape index (κ2) is 6.37. The van der Waals surface area contributed by atoms with Crippen LogP contribution in [0.2, 0.25) is 0 Å². The molecular formula is C14H18N2O6S. The van der Waals surface area contributed by atoms with Crippen LogP contribution < -0.4 is 18.9 Å². The number of ether oxygens (including phenoxy) is 3. The summed E-state index contributed by atoms with van der Waals surface area (Å²) in [6, 6.07) is 3.10. The maximum atomic E-state index is 12.6. The third-order valence-electron chi connectivity index (χ3n) is 3.19. The second-order valence-electron chi connectivity index (χ2n) is 4.67. The Morgan fingerprint density at radius 3 is 2.00 bits per heavy atom. The number of aryl methyl sites for hydroxylation is 2. The molecule has 1 aromatic heterocycles. The van der Waals surface area contributed by atoms with Gasteiger partial charge in [-0.3, -0.25) is 4.72 Å². The molecule has 1 N–H and O–H groups in total. The van der Waals surface area contributed by atoms with Gasteiger partial charge in [0.15, 0.2) is 10.7 Å². The zero-order valence-corrected chi connectivity index (χ0v) is 14.3. The second-order valence-corrected chi connectivity index (χ2v) is 6.28. The number of aromatic nitrogens is 1. The van der Waals surface area contributed by atoms with Gasteiger partial charge >= 0.3 is 0 Å². The minimum Gasteiger partial charge on any atom is -0.496 e. The first-order valence-electron chi connectivity index (χ1n) is 6.59. The Hall–Kier alpha value is -2.42. The molecule has 0 unspecified atom stereocenters. The maximum Gasteiger partial charge on any atom is 0.267 e. The van der Waals surface area contributed by atoms with Gasteiger partial charge in [0.25, 0.3) is 10.0 Å². The number of anilines is 1. The average molecular weight is 342 g/mol. The monoisotopic (exact) mass is 342 g/mol. The van der Waals surface area contributed by atoms with E-state index in [-0.39, 0.29) is 33.5 Å². The normalized spacial score (nSPS) is 11.2. The van der Waals surface area contributed by atoms with Gasteiger partial charge in [-0.1, -0.05) is 5.16 Å². The fourth-order valence-electron chi connectivity index (χ4n) is 2.15. The molecule has 0 spiro atoms. The third kappa shape index (κ3) is 3.19. The van der Waals surface area contributed by atoms with Crippen LogP contribution in [0.3, 0.4) is 0 Å². The van der Waals surface area contributed by atoms with Gasteiger partial charge in [-0.25, -0.2) is 8.42 Å². The first-order chi connectivity index (χ1) is 10.8. The van der Waals surface area contributed by atoms with Gasteiger partial charge in [0.05, 0.1) is 21.3 Å². The summed E-state index contributed by atoms with van der Waals surface area (Å²) in [6.07, 6.45) is 0. The molecule has 0 bridgehead atoms. The molecule has 8 nitrogen and oxygen atoms in total. The van der Waals surface area contributed by atoms with Crippen molar-refractivity contribution >= 4 is 15.7 Å². The largest absolute Gasteiger partial charge is 0.496 e. The van der Waals surface area contributed by atoms with Crippen molar-refractivity contribution in [2.45, 2.75) is 18.7 Å². The van der Waals surface area contributed by atoms with Gasteiger partial charge in [-0.2, -0.15) is 0 Å². The SMILES string of the molecule is COc1cc(OC)c(NS(=O)(=O)c2c(C)noc2C)c(OC)c1. The summed E-state index contributed by atoms with van der Waals surface area (Å²) in [4.78, 5) is -0.0163. The lowest BCUT2D eigenvalue weighted by molar-refractivity contribution is 0.378. The number of hydrogen-bond acceptors (Lipinski definition) is 7. The van der Waals surface area contributed by atoms with E-state index in [1.54, 1.807) is 19.1 Å². The maximum absolute atomic E-state index is 12.6. The van der Waals surface area contributed by atoms with E-state index in [1.807, 2.05) is 0 Å². The molecule has 2 rings (SSSR count). The van der Waals surface area contributed by atoms with E-state index in [0.717, 1.165) is 0 Å². The Kier molecular flexibility index (Phi) is 4.69. The van der Waals surface area contributed by atoms with Crippen LogP contribution in [0.25, 0.3) is 0 Å². The topological polar surface area (TPSA) is 99.9 Å². The molecule has 2 aromatic rings. The predicted octanol–water partition coefficient (Wildman–Crippen LogP) is 2.12. The van der Waals surface area contributed by atoms with E-state index in [0.29, 0.717) is 5.75 Å². The van der Waals surface area contributed by atoms with Gasteiger partial charge in [0.1, 0.15) is 28.6 Å². The Bertz CT molecular complexity index is 768. The lowest BCUT2D eigenvalue weighted by Gasteiger charge is -2.16. The van der Waals surface area contributed by atoms with Crippen molar-refractivity contribution in [2.24, 2.45) is 0 Å². The van der Waals surface area contributed by atoms with Crippen LogP contribution in [0.1, 0.15) is 11.5 Å². The van der Waals surface area contributed by atoms with Crippen LogP contribution in [0.4, 0.5) is 5.69 Å². The molecular weight excluding hydrogens is 324 g/mol. The van der Waals surface area contributed by atoms with Crippen LogP contribution >= 0.6 is 0 Å². The molecule has 126 valence electrons. The number of benzene rings is 1. The molecule has 0 saturated heterocycles. The first kappa shape index (κ1) is 16.9. The van der Waals surface area contributed by atoms with E-state index in [9.17, 15) is 8.42 Å². The number of hydrogen-bond donors (Lipinski definition) is 1. The molecule has 0 saturated carbocycles. The molecule has 1 heterocycles. The van der Waals surface area contributed by atoms with Gasteiger partial charge in [-0.15, -0.1) is 0 Å². The highest BCUT2D eigenvalue weighted by atomic mass is 32.2. The van der Waals surface area contributed by atoms with E-state index >= 15 is 0 Å². The molecule has 1 aromatic carbocycles. The fourth-order valence-corrected chi connectivity index (χ4v) is 3.56. The highest BCUT2D eigenvalue weighted by molar-refractivity contribution is 7.92. The lowest BCUT2D eigenvalue weighted by Crippen LogP contribution is -2.16. The number of sulfonamides is 1. The number of rotatable bonds is 6. The van der Waals surface area contributed by atoms with Crippen molar-refractivity contribution in [3.63, 3.8) is 0 Å². The summed E-state index contributed by atoms with van der Waals surface area (Å²) < 4.78 is 48.2. The third-order valence-corrected chi connectivity index (χ3v) is 4.78. The molecule has 9 heteroatoms. The van der Waals surface area contributed by atoms with Crippen molar-refractivity contribution in [2.75, 3.05) is 26.1 Å². The van der Waals surface area contributed by atoms with Crippen molar-refractivity contribution in [1.82, 2.24) is 5.16 Å². The fraction of sp³-hybridized carbons (Fsp3) is 0.357. The molecule has 0 aliphatic carbocycles. The van der Waals surface area contributed by atoms with E-state index in [2.05, 4.69) is 9.88 Å². The van der Waals surface area contributed by atoms with E-state index in [1.165, 1.54) is 28.3 Å². The zero-order valence-electron chi connectivity index (χ0n) is 13.5. The minimum atomic E-state index is -3.92. The standard InChI is InChI=1S/C14H18N2O6S/c1-8-14(9(2)22-15-8)23(17,18)16-13-11(20-4)6-10(19-3)7-12(13)21-5/h6-7,16H,1-5H3. The van der Waals surface area contributed by atoms with Crippen molar-refractivity contribution < 1.29 is 27.2 Å². The van der Waals surface area contributed by atoms with Crippen molar-refractivity contribution in [3.05, 3.63) is 23.6 Å². The van der Waals surface area contributed by atoms with Crippen LogP contribution in [0, 0.1) is 13.8 Å². The molecule has 0 fully saturated rings. The lowest BCUT2D eigenvalue weighted by atomic mass is 10.2. The van der Waals surface area contributed by atoms with Crippen LogP contribution in [0.15, 0.2) is 21.6 Å². The van der Waals surface area contributed by atoms with Crippen LogP contribution in [0.5, 0.6) is 17.2 Å². The Labute approximate surface area is 134 Å². The quantitative estimate of drug-likeness (QED) is 0.858. The Morgan fingerprint density at radius 1 is 1.04 bits per heavy atom. The van der Waals surface area contributed by atoms with Crippen molar-refractivity contribution in [1.29, 1.82) is 0 Å². The highest BCUT2D eigenvalue weighted by Crippen LogP contribution is 2.40. The molecule has 0 aliphatic heterocycles. The molecule has 0 aliphatic rings. The Balaban J connectivity index is 2.55. The molecule has 0 radical (unpaired) electrons. The zero-order chi connectivity index (χ0) is 17.2. The van der Waals surface area contributed by atoms with Crippen molar-refractivity contribution in [3.8, 4) is 17.2 Å². The van der Waals surface area contributed by atoms with Gasteiger partial charge in [0.2, 0.25) is 0 Å². The average Bonchev–Trinajstić information content (AvgIpc) is 2.86. The van der Waals surface area contributed by atoms with E-state index < -0.39 is 10.0 Å². The summed E-state index contributed by atoms with van der Waals surface area (Å²) in [7, 11) is 0.402. The molecule has 0 amide bonds. The summed E-state index contributed by atoms with van der Waals surface area (Å²) in [5, 5.41) is 3.66. The molecule has 0 atom stereocenters. The number of nitrogens with one attached hydrogen (secondary N) is 1. The summed E-state index contributed by atoms with van der Waals surface area (Å²) in [5.74, 6) is 1.19. The summed E-state index contributed by atoms with van der Waals surface area (Å²) in [6.45, 7) is 3.07. The van der Waals surface area contributed by atoms with Crippen LogP contribution in [-0.2, 0) is 10.0 Å². The minimum absolute atomic E-state index is 0.0163. The van der Waals surface area contributed by atoms with Gasteiger partial charge in [-0.05, 0) is 13.8 Å². The first-order valence-corrected chi connectivity index (χ1v) is 8.08. The summed E-state index contributed by atoms with van der Waals surface area (Å²) >= 11 is 0. The number of methoxy groups -OCH3 is 3. The summed E-state index contributed by atoms with van der Waals surface area (Å²) in [5.41, 5.74) is 0.428. The predicted molar refractivity (Wildman–Crippen MR) is 82.9 cm³/mol. The Morgan fingerprint density at radius 2 is 1.61 bits per heavy atom. The smallest absolute Gasteiger partial charge is 0.267 e. The van der Waals surface area contributed by atoms with Gasteiger partial charge < -0.3 is 18.7 Å². The number of nitrogens with zero attached hydrogens (tertiary/aromatic N) is 1. The van der Waals surface area contributed by atoms with Gasteiger partial charge in [0, 0.05) is 12.1 Å². The molecule has 23 heavy (non-hydrogen) atoms. The highest BCUT2D eigenvalue weighted by Gasteiger charge is 2.27. The van der Waals surface area contributed by atoms with E-state index in [4.69, 9.17) is 18.7 Å². The van der Waals surface area contributed by atoms with Crippen LogP contribution in [-0.4, -0.2) is 34.9 Å².